The molecule has 0 bridgehead atoms. The summed E-state index contributed by atoms with van der Waals surface area (Å²) in [6.45, 7) is 4.22. The summed E-state index contributed by atoms with van der Waals surface area (Å²) in [5.74, 6) is 0. The summed E-state index contributed by atoms with van der Waals surface area (Å²) in [6, 6.07) is 8.49. The minimum absolute atomic E-state index is 0.445. The molecule has 0 fully saturated rings. The lowest BCUT2D eigenvalue weighted by Crippen LogP contribution is -2.10. The zero-order valence-corrected chi connectivity index (χ0v) is 8.19. The van der Waals surface area contributed by atoms with Crippen LogP contribution in [-0.4, -0.2) is 11.4 Å². The molecule has 0 aliphatic rings. The van der Waals surface area contributed by atoms with Gasteiger partial charge >= 0.3 is 0 Å². The molecule has 1 nitrogen and oxygen atoms in total. The third-order valence-corrected chi connectivity index (χ3v) is 1.79. The molecule has 0 saturated heterocycles. The summed E-state index contributed by atoms with van der Waals surface area (Å²) >= 11 is 4.89. The molecule has 2 heteroatoms. The molecule has 0 heterocycles. The molecular formula is C10H13NS. The molecule has 0 aliphatic heterocycles. The maximum Gasteiger partial charge on any atom is 0.0424 e. The third-order valence-electron chi connectivity index (χ3n) is 1.53. The molecule has 0 unspecified atom stereocenters. The van der Waals surface area contributed by atoms with E-state index in [2.05, 4.69) is 19.2 Å². The highest BCUT2D eigenvalue weighted by molar-refractivity contribution is 7.79. The molecule has 0 aromatic heterocycles. The fourth-order valence-electron chi connectivity index (χ4n) is 1.04. The Morgan fingerprint density at radius 1 is 1.33 bits per heavy atom. The number of anilines is 1. The molecule has 0 atom stereocenters. The van der Waals surface area contributed by atoms with Crippen molar-refractivity contribution in [1.82, 2.24) is 0 Å². The van der Waals surface area contributed by atoms with E-state index < -0.39 is 0 Å². The number of hydrogen-bond acceptors (Lipinski definition) is 2. The van der Waals surface area contributed by atoms with Crippen LogP contribution in [0.3, 0.4) is 0 Å². The highest BCUT2D eigenvalue weighted by atomic mass is 32.1. The monoisotopic (exact) mass is 179 g/mol. The number of benzene rings is 1. The van der Waals surface area contributed by atoms with Gasteiger partial charge in [-0.25, -0.2) is 0 Å². The van der Waals surface area contributed by atoms with Crippen LogP contribution in [0.2, 0.25) is 0 Å². The first-order valence-electron chi connectivity index (χ1n) is 4.05. The molecule has 0 aliphatic carbocycles. The van der Waals surface area contributed by atoms with Gasteiger partial charge in [0.25, 0.3) is 0 Å². The second-order valence-corrected chi connectivity index (χ2v) is 3.24. The predicted octanol–water partition coefficient (Wildman–Crippen LogP) is 2.85. The summed E-state index contributed by atoms with van der Waals surface area (Å²) in [6.07, 6.45) is 0. The molecule has 1 rings (SSSR count). The molecule has 0 amide bonds. The number of hydrogen-bond donors (Lipinski definition) is 1. The minimum atomic E-state index is 0.445. The van der Waals surface area contributed by atoms with Crippen LogP contribution in [0.15, 0.2) is 24.3 Å². The van der Waals surface area contributed by atoms with Gasteiger partial charge in [-0.1, -0.05) is 30.4 Å². The summed E-state index contributed by atoms with van der Waals surface area (Å²) in [5, 5.41) is 5.03. The lowest BCUT2D eigenvalue weighted by molar-refractivity contribution is 0.899. The fraction of sp³-hybridized carbons (Fsp3) is 0.300. The van der Waals surface area contributed by atoms with Crippen molar-refractivity contribution in [1.29, 1.82) is 0 Å². The largest absolute Gasteiger partial charge is 0.382 e. The zero-order valence-electron chi connectivity index (χ0n) is 7.37. The van der Waals surface area contributed by atoms with Crippen LogP contribution >= 0.6 is 12.2 Å². The van der Waals surface area contributed by atoms with Crippen LogP contribution < -0.4 is 5.32 Å². The van der Waals surface area contributed by atoms with Gasteiger partial charge in [-0.05, 0) is 19.9 Å². The van der Waals surface area contributed by atoms with Gasteiger partial charge in [0.1, 0.15) is 0 Å². The first-order valence-corrected chi connectivity index (χ1v) is 4.52. The quantitative estimate of drug-likeness (QED) is 0.716. The Labute approximate surface area is 78.8 Å². The van der Waals surface area contributed by atoms with Gasteiger partial charge in [0.2, 0.25) is 0 Å². The normalized spacial score (nSPS) is 9.92. The standard InChI is InChI=1S/C10H13NS/c1-8(2)11-10-6-4-3-5-9(10)7-12/h3-8,11H,1-2H3. The molecule has 0 radical (unpaired) electrons. The van der Waals surface area contributed by atoms with E-state index in [-0.39, 0.29) is 0 Å². The summed E-state index contributed by atoms with van der Waals surface area (Å²) in [7, 11) is 0. The molecular weight excluding hydrogens is 166 g/mol. The van der Waals surface area contributed by atoms with Gasteiger partial charge in [-0.3, -0.25) is 0 Å². The van der Waals surface area contributed by atoms with Gasteiger partial charge in [0, 0.05) is 22.7 Å². The van der Waals surface area contributed by atoms with Crippen LogP contribution in [0, 0.1) is 0 Å². The number of para-hydroxylation sites is 1. The van der Waals surface area contributed by atoms with Gasteiger partial charge < -0.3 is 5.32 Å². The third kappa shape index (κ3) is 2.31. The van der Waals surface area contributed by atoms with E-state index in [0.29, 0.717) is 6.04 Å². The van der Waals surface area contributed by atoms with Crippen molar-refractivity contribution in [3.05, 3.63) is 29.8 Å². The van der Waals surface area contributed by atoms with E-state index in [0.717, 1.165) is 11.3 Å². The predicted molar refractivity (Wildman–Crippen MR) is 58.0 cm³/mol. The number of nitrogens with one attached hydrogen (secondary N) is 1. The SMILES string of the molecule is CC(C)Nc1ccccc1C=S. The Hall–Kier alpha value is -0.890. The maximum absolute atomic E-state index is 4.89. The van der Waals surface area contributed by atoms with Crippen LogP contribution in [0.4, 0.5) is 5.69 Å². The smallest absolute Gasteiger partial charge is 0.0424 e. The van der Waals surface area contributed by atoms with Gasteiger partial charge in [-0.2, -0.15) is 0 Å². The van der Waals surface area contributed by atoms with Crippen molar-refractivity contribution in [2.75, 3.05) is 5.32 Å². The summed E-state index contributed by atoms with van der Waals surface area (Å²) in [4.78, 5) is 0. The highest BCUT2D eigenvalue weighted by Crippen LogP contribution is 2.13. The Bertz CT molecular complexity index is 268. The Balaban J connectivity index is 2.89. The molecule has 12 heavy (non-hydrogen) atoms. The molecule has 1 aromatic rings. The summed E-state index contributed by atoms with van der Waals surface area (Å²) in [5.41, 5.74) is 2.20. The Kier molecular flexibility index (Phi) is 3.23. The van der Waals surface area contributed by atoms with Crippen molar-refractivity contribution in [3.8, 4) is 0 Å². The van der Waals surface area contributed by atoms with Crippen molar-refractivity contribution < 1.29 is 0 Å². The number of thiocarbonyl (C=S) groups is 1. The molecule has 0 saturated carbocycles. The van der Waals surface area contributed by atoms with E-state index in [1.807, 2.05) is 24.3 Å². The first kappa shape index (κ1) is 9.20. The topological polar surface area (TPSA) is 12.0 Å². The lowest BCUT2D eigenvalue weighted by atomic mass is 10.2. The van der Waals surface area contributed by atoms with Crippen LogP contribution in [0.1, 0.15) is 19.4 Å². The van der Waals surface area contributed by atoms with Gasteiger partial charge in [0.05, 0.1) is 0 Å². The van der Waals surface area contributed by atoms with E-state index in [1.165, 1.54) is 0 Å². The van der Waals surface area contributed by atoms with E-state index in [4.69, 9.17) is 12.2 Å². The minimum Gasteiger partial charge on any atom is -0.382 e. The fourth-order valence-corrected chi connectivity index (χ4v) is 1.25. The van der Waals surface area contributed by atoms with E-state index >= 15 is 0 Å². The van der Waals surface area contributed by atoms with Gasteiger partial charge in [-0.15, -0.1) is 0 Å². The molecule has 1 N–H and O–H groups in total. The van der Waals surface area contributed by atoms with Crippen molar-refractivity contribution in [3.63, 3.8) is 0 Å². The van der Waals surface area contributed by atoms with E-state index in [1.54, 1.807) is 5.37 Å². The average molecular weight is 179 g/mol. The Morgan fingerprint density at radius 2 is 2.00 bits per heavy atom. The first-order chi connectivity index (χ1) is 5.74. The lowest BCUT2D eigenvalue weighted by Gasteiger charge is -2.11. The van der Waals surface area contributed by atoms with Crippen molar-refractivity contribution >= 4 is 23.3 Å². The van der Waals surface area contributed by atoms with Crippen molar-refractivity contribution in [2.24, 2.45) is 0 Å². The highest BCUT2D eigenvalue weighted by Gasteiger charge is 1.98. The van der Waals surface area contributed by atoms with E-state index in [9.17, 15) is 0 Å². The molecule has 1 aromatic carbocycles. The maximum atomic E-state index is 4.89. The van der Waals surface area contributed by atoms with Crippen molar-refractivity contribution in [2.45, 2.75) is 19.9 Å². The zero-order chi connectivity index (χ0) is 8.97. The average Bonchev–Trinajstić information content (AvgIpc) is 2.04. The second kappa shape index (κ2) is 4.21. The molecule has 0 spiro atoms. The van der Waals surface area contributed by atoms with Crippen LogP contribution in [-0.2, 0) is 0 Å². The van der Waals surface area contributed by atoms with Crippen LogP contribution in [0.25, 0.3) is 0 Å². The summed E-state index contributed by atoms with van der Waals surface area (Å²) < 4.78 is 0. The van der Waals surface area contributed by atoms with Gasteiger partial charge in [0.15, 0.2) is 0 Å². The Morgan fingerprint density at radius 3 is 2.58 bits per heavy atom. The number of rotatable bonds is 3. The second-order valence-electron chi connectivity index (χ2n) is 3.00. The van der Waals surface area contributed by atoms with Crippen LogP contribution in [0.5, 0.6) is 0 Å². The molecule has 64 valence electrons.